The highest BCUT2D eigenvalue weighted by molar-refractivity contribution is 5.91. The number of nitrogens with two attached hydrogens (primary N) is 1. The first kappa shape index (κ1) is 14.9. The van der Waals surface area contributed by atoms with Crippen molar-refractivity contribution in [1.29, 1.82) is 0 Å². The van der Waals surface area contributed by atoms with Crippen LogP contribution in [0.15, 0.2) is 0 Å². The van der Waals surface area contributed by atoms with Gasteiger partial charge in [-0.15, -0.1) is 0 Å². The maximum absolute atomic E-state index is 12.2. The van der Waals surface area contributed by atoms with Gasteiger partial charge in [0.25, 0.3) is 0 Å². The number of nitrogens with zero attached hydrogens (tertiary/aromatic N) is 2. The summed E-state index contributed by atoms with van der Waals surface area (Å²) in [7, 11) is 3.29. The van der Waals surface area contributed by atoms with E-state index in [-0.39, 0.29) is 24.3 Å². The molecule has 0 aliphatic carbocycles. The van der Waals surface area contributed by atoms with Crippen molar-refractivity contribution in [2.75, 3.05) is 33.8 Å². The van der Waals surface area contributed by atoms with E-state index in [1.54, 1.807) is 30.7 Å². The van der Waals surface area contributed by atoms with Gasteiger partial charge in [-0.2, -0.15) is 0 Å². The van der Waals surface area contributed by atoms with Crippen LogP contribution in [0, 0.1) is 0 Å². The molecule has 1 atom stereocenters. The van der Waals surface area contributed by atoms with Gasteiger partial charge in [0.05, 0.1) is 12.5 Å². The Kier molecular flexibility index (Phi) is 4.70. The van der Waals surface area contributed by atoms with E-state index in [2.05, 4.69) is 0 Å². The highest BCUT2D eigenvalue weighted by atomic mass is 16.5. The minimum Gasteiger partial charge on any atom is -0.380 e. The van der Waals surface area contributed by atoms with Crippen molar-refractivity contribution in [3.05, 3.63) is 0 Å². The summed E-state index contributed by atoms with van der Waals surface area (Å²) < 4.78 is 5.11. The predicted octanol–water partition coefficient (Wildman–Crippen LogP) is -0.571. The third-order valence-corrected chi connectivity index (χ3v) is 3.50. The lowest BCUT2D eigenvalue weighted by molar-refractivity contribution is -0.158. The second kappa shape index (κ2) is 5.67. The topological polar surface area (TPSA) is 75.9 Å². The Morgan fingerprint density at radius 2 is 2.11 bits per heavy atom. The van der Waals surface area contributed by atoms with Gasteiger partial charge in [-0.3, -0.25) is 9.59 Å². The van der Waals surface area contributed by atoms with Crippen molar-refractivity contribution in [2.24, 2.45) is 5.73 Å². The molecule has 1 aliphatic rings. The summed E-state index contributed by atoms with van der Waals surface area (Å²) in [6.45, 7) is 4.95. The maximum Gasteiger partial charge on any atom is 0.247 e. The van der Waals surface area contributed by atoms with E-state index in [4.69, 9.17) is 10.5 Å². The van der Waals surface area contributed by atoms with E-state index in [0.717, 1.165) is 0 Å². The monoisotopic (exact) mass is 257 g/mol. The van der Waals surface area contributed by atoms with Crippen LogP contribution in [0.3, 0.4) is 0 Å². The van der Waals surface area contributed by atoms with Crippen LogP contribution in [0.5, 0.6) is 0 Å². The standard InChI is InChI=1S/C12H23N3O3/c1-12(2)11(17)14(3)5-6-15(12)10(16)7-9(8-13)18-4/h9H,5-8,13H2,1-4H3. The van der Waals surface area contributed by atoms with Gasteiger partial charge in [-0.1, -0.05) is 0 Å². The van der Waals surface area contributed by atoms with Crippen LogP contribution < -0.4 is 5.73 Å². The molecule has 6 nitrogen and oxygen atoms in total. The highest BCUT2D eigenvalue weighted by Crippen LogP contribution is 2.22. The Morgan fingerprint density at radius 3 is 2.61 bits per heavy atom. The summed E-state index contributed by atoms with van der Waals surface area (Å²) >= 11 is 0. The fourth-order valence-electron chi connectivity index (χ4n) is 2.22. The minimum atomic E-state index is -0.795. The lowest BCUT2D eigenvalue weighted by atomic mass is 9.97. The van der Waals surface area contributed by atoms with E-state index in [1.807, 2.05) is 0 Å². The van der Waals surface area contributed by atoms with Gasteiger partial charge >= 0.3 is 0 Å². The molecule has 0 aromatic rings. The van der Waals surface area contributed by atoms with E-state index in [9.17, 15) is 9.59 Å². The summed E-state index contributed by atoms with van der Waals surface area (Å²) in [5.41, 5.74) is 4.71. The summed E-state index contributed by atoms with van der Waals surface area (Å²) in [5, 5.41) is 0. The molecule has 0 saturated carbocycles. The van der Waals surface area contributed by atoms with Gasteiger partial charge in [0.1, 0.15) is 5.54 Å². The molecule has 1 aliphatic heterocycles. The summed E-state index contributed by atoms with van der Waals surface area (Å²) in [5.74, 6) is -0.123. The molecular formula is C12H23N3O3. The quantitative estimate of drug-likeness (QED) is 0.732. The van der Waals surface area contributed by atoms with Crippen LogP contribution in [-0.4, -0.2) is 67.0 Å². The first-order chi connectivity index (χ1) is 8.34. The predicted molar refractivity (Wildman–Crippen MR) is 67.9 cm³/mol. The largest absolute Gasteiger partial charge is 0.380 e. The molecule has 2 amide bonds. The number of carbonyl (C=O) groups excluding carboxylic acids is 2. The first-order valence-electron chi connectivity index (χ1n) is 6.13. The summed E-state index contributed by atoms with van der Waals surface area (Å²) in [4.78, 5) is 27.6. The van der Waals surface area contributed by atoms with Gasteiger partial charge in [-0.25, -0.2) is 0 Å². The van der Waals surface area contributed by atoms with Crippen LogP contribution in [0.25, 0.3) is 0 Å². The molecule has 1 unspecified atom stereocenters. The molecule has 6 heteroatoms. The molecule has 0 radical (unpaired) electrons. The zero-order valence-corrected chi connectivity index (χ0v) is 11.6. The zero-order valence-electron chi connectivity index (χ0n) is 11.6. The number of ether oxygens (including phenoxy) is 1. The second-order valence-electron chi connectivity index (χ2n) is 5.13. The highest BCUT2D eigenvalue weighted by Gasteiger charge is 2.42. The maximum atomic E-state index is 12.2. The van der Waals surface area contributed by atoms with Crippen molar-refractivity contribution in [2.45, 2.75) is 31.9 Å². The number of methoxy groups -OCH3 is 1. The molecule has 0 aromatic heterocycles. The van der Waals surface area contributed by atoms with Crippen LogP contribution in [0.2, 0.25) is 0 Å². The van der Waals surface area contributed by atoms with Crippen molar-refractivity contribution < 1.29 is 14.3 Å². The van der Waals surface area contributed by atoms with Crippen molar-refractivity contribution in [1.82, 2.24) is 9.80 Å². The smallest absolute Gasteiger partial charge is 0.247 e. The third kappa shape index (κ3) is 2.81. The normalized spacial score (nSPS) is 21.1. The third-order valence-electron chi connectivity index (χ3n) is 3.50. The molecule has 18 heavy (non-hydrogen) atoms. The molecule has 0 bridgehead atoms. The average Bonchev–Trinajstić information content (AvgIpc) is 2.32. The van der Waals surface area contributed by atoms with E-state index in [1.165, 1.54) is 7.11 Å². The molecule has 104 valence electrons. The number of amides is 2. The Labute approximate surface area is 108 Å². The molecule has 1 saturated heterocycles. The molecule has 1 fully saturated rings. The van der Waals surface area contributed by atoms with Crippen LogP contribution in [0.1, 0.15) is 20.3 Å². The van der Waals surface area contributed by atoms with E-state index < -0.39 is 5.54 Å². The number of piperazine rings is 1. The molecule has 0 spiro atoms. The van der Waals surface area contributed by atoms with Gasteiger partial charge < -0.3 is 20.3 Å². The Hall–Kier alpha value is -1.14. The SMILES string of the molecule is COC(CN)CC(=O)N1CCN(C)C(=O)C1(C)C. The van der Waals surface area contributed by atoms with Crippen LogP contribution in [0.4, 0.5) is 0 Å². The molecule has 1 heterocycles. The van der Waals surface area contributed by atoms with Gasteiger partial charge in [0.2, 0.25) is 11.8 Å². The lowest BCUT2D eigenvalue weighted by Crippen LogP contribution is -2.64. The number of hydrogen-bond donors (Lipinski definition) is 1. The Balaban J connectivity index is 2.76. The molecular weight excluding hydrogens is 234 g/mol. The van der Waals surface area contributed by atoms with Gasteiger partial charge in [0.15, 0.2) is 0 Å². The fourth-order valence-corrected chi connectivity index (χ4v) is 2.22. The summed E-state index contributed by atoms with van der Waals surface area (Å²) in [6, 6.07) is 0. The second-order valence-corrected chi connectivity index (χ2v) is 5.13. The number of hydrogen-bond acceptors (Lipinski definition) is 4. The molecule has 0 aromatic carbocycles. The number of carbonyl (C=O) groups is 2. The van der Waals surface area contributed by atoms with Crippen molar-refractivity contribution in [3.63, 3.8) is 0 Å². The van der Waals surface area contributed by atoms with E-state index in [0.29, 0.717) is 19.6 Å². The molecule has 1 rings (SSSR count). The minimum absolute atomic E-state index is 0.0381. The van der Waals surface area contributed by atoms with Gasteiger partial charge in [0, 0.05) is 33.8 Å². The molecule has 2 N–H and O–H groups in total. The number of rotatable bonds is 4. The zero-order chi connectivity index (χ0) is 13.9. The number of likely N-dealkylation sites (N-methyl/N-ethyl adjacent to an activating group) is 1. The van der Waals surface area contributed by atoms with Crippen molar-refractivity contribution in [3.8, 4) is 0 Å². The van der Waals surface area contributed by atoms with Gasteiger partial charge in [-0.05, 0) is 13.8 Å². The summed E-state index contributed by atoms with van der Waals surface area (Å²) in [6.07, 6.45) is -0.0731. The average molecular weight is 257 g/mol. The first-order valence-corrected chi connectivity index (χ1v) is 6.13. The van der Waals surface area contributed by atoms with E-state index >= 15 is 0 Å². The van der Waals surface area contributed by atoms with Crippen molar-refractivity contribution >= 4 is 11.8 Å². The van der Waals surface area contributed by atoms with Crippen LogP contribution in [-0.2, 0) is 14.3 Å². The fraction of sp³-hybridized carbons (Fsp3) is 0.833. The van der Waals surface area contributed by atoms with Crippen LogP contribution >= 0.6 is 0 Å². The Morgan fingerprint density at radius 1 is 1.50 bits per heavy atom. The Bertz CT molecular complexity index is 327. The lowest BCUT2D eigenvalue weighted by Gasteiger charge is -2.45.